The van der Waals surface area contributed by atoms with Crippen LogP contribution in [0.15, 0.2) is 53.6 Å². The van der Waals surface area contributed by atoms with E-state index in [1.807, 2.05) is 30.3 Å². The minimum absolute atomic E-state index is 0.0755. The summed E-state index contributed by atoms with van der Waals surface area (Å²) in [5.74, 6) is -0.781. The summed E-state index contributed by atoms with van der Waals surface area (Å²) in [6, 6.07) is 14.5. The number of benzene rings is 2. The number of carbonyl (C=O) groups excluding carboxylic acids is 2. The molecule has 2 aromatic carbocycles. The molecule has 0 aliphatic heterocycles. The van der Waals surface area contributed by atoms with Crippen molar-refractivity contribution in [1.29, 1.82) is 0 Å². The highest BCUT2D eigenvalue weighted by molar-refractivity contribution is 6.01. The number of carbonyl (C=O) groups is 2. The number of hydrogen-bond acceptors (Lipinski definition) is 4. The number of nitrogens with zero attached hydrogens (tertiary/aromatic N) is 1. The van der Waals surface area contributed by atoms with Crippen LogP contribution in [-0.4, -0.2) is 22.6 Å². The molecule has 2 amide bonds. The molecule has 2 rings (SSSR count). The van der Waals surface area contributed by atoms with Crippen molar-refractivity contribution in [1.82, 2.24) is 10.7 Å². The summed E-state index contributed by atoms with van der Waals surface area (Å²) in [5.41, 5.74) is 4.58. The van der Waals surface area contributed by atoms with Crippen LogP contribution in [0.25, 0.3) is 0 Å². The van der Waals surface area contributed by atoms with Gasteiger partial charge in [-0.05, 0) is 31.0 Å². The Bertz CT molecular complexity index is 786. The highest BCUT2D eigenvalue weighted by Crippen LogP contribution is 2.20. The molecule has 0 heterocycles. The molecule has 0 radical (unpaired) electrons. The monoisotopic (exact) mass is 339 g/mol. The lowest BCUT2D eigenvalue weighted by molar-refractivity contribution is -0.120. The molecular formula is C19H21N3O3. The summed E-state index contributed by atoms with van der Waals surface area (Å²) >= 11 is 0. The van der Waals surface area contributed by atoms with Crippen molar-refractivity contribution in [3.63, 3.8) is 0 Å². The molecule has 6 heteroatoms. The van der Waals surface area contributed by atoms with Crippen molar-refractivity contribution in [2.45, 2.75) is 26.8 Å². The zero-order valence-corrected chi connectivity index (χ0v) is 14.2. The standard InChI is InChI=1S/C19H21N3O3/c1-13-7-6-10-16(18(13)24)19(25)22-21-14(2)11-17(23)20-12-15-8-4-3-5-9-15/h3-10,24H,11-12H2,1-2H3,(H,20,23)(H,22,25)/b21-14-. The van der Waals surface area contributed by atoms with E-state index in [9.17, 15) is 14.7 Å². The SMILES string of the molecule is C/C(CC(=O)NCc1ccccc1)=N/NC(=O)c1cccc(C)c1O. The van der Waals surface area contributed by atoms with Gasteiger partial charge in [0.2, 0.25) is 5.91 Å². The van der Waals surface area contributed by atoms with Gasteiger partial charge in [0.15, 0.2) is 0 Å². The van der Waals surface area contributed by atoms with E-state index in [-0.39, 0.29) is 23.6 Å². The minimum Gasteiger partial charge on any atom is -0.507 e. The van der Waals surface area contributed by atoms with E-state index in [1.54, 1.807) is 26.0 Å². The number of rotatable bonds is 6. The van der Waals surface area contributed by atoms with Crippen LogP contribution < -0.4 is 10.7 Å². The lowest BCUT2D eigenvalue weighted by atomic mass is 10.1. The smallest absolute Gasteiger partial charge is 0.275 e. The van der Waals surface area contributed by atoms with Crippen LogP contribution in [0.1, 0.15) is 34.8 Å². The first-order valence-electron chi connectivity index (χ1n) is 7.90. The zero-order valence-electron chi connectivity index (χ0n) is 14.2. The van der Waals surface area contributed by atoms with Gasteiger partial charge in [0.05, 0.1) is 12.0 Å². The number of nitrogens with one attached hydrogen (secondary N) is 2. The number of aromatic hydroxyl groups is 1. The molecule has 3 N–H and O–H groups in total. The van der Waals surface area contributed by atoms with Crippen LogP contribution in [0.3, 0.4) is 0 Å². The molecule has 0 saturated heterocycles. The Labute approximate surface area is 146 Å². The average Bonchev–Trinajstić information content (AvgIpc) is 2.61. The number of hydrazone groups is 1. The van der Waals surface area contributed by atoms with Crippen LogP contribution >= 0.6 is 0 Å². The third-order valence-corrected chi connectivity index (χ3v) is 3.58. The van der Waals surface area contributed by atoms with Gasteiger partial charge in [-0.25, -0.2) is 5.43 Å². The Balaban J connectivity index is 1.85. The van der Waals surface area contributed by atoms with E-state index >= 15 is 0 Å². The van der Waals surface area contributed by atoms with Gasteiger partial charge >= 0.3 is 0 Å². The number of phenols is 1. The van der Waals surface area contributed by atoms with Crippen LogP contribution in [-0.2, 0) is 11.3 Å². The van der Waals surface area contributed by atoms with Gasteiger partial charge in [0.1, 0.15) is 5.75 Å². The molecule has 0 aromatic heterocycles. The number of hydrogen-bond donors (Lipinski definition) is 3. The second-order valence-corrected chi connectivity index (χ2v) is 5.70. The Morgan fingerprint density at radius 2 is 1.80 bits per heavy atom. The molecule has 0 unspecified atom stereocenters. The van der Waals surface area contributed by atoms with Crippen molar-refractivity contribution in [3.05, 3.63) is 65.2 Å². The molecule has 0 fully saturated rings. The summed E-state index contributed by atoms with van der Waals surface area (Å²) in [6.07, 6.45) is 0.0763. The molecule has 0 saturated carbocycles. The summed E-state index contributed by atoms with van der Waals surface area (Å²) < 4.78 is 0. The zero-order chi connectivity index (χ0) is 18.2. The number of aryl methyl sites for hydroxylation is 1. The van der Waals surface area contributed by atoms with E-state index in [2.05, 4.69) is 15.8 Å². The van der Waals surface area contributed by atoms with E-state index in [0.29, 0.717) is 17.8 Å². The summed E-state index contributed by atoms with van der Waals surface area (Å²) in [7, 11) is 0. The first kappa shape index (κ1) is 18.2. The normalized spacial score (nSPS) is 11.0. The maximum Gasteiger partial charge on any atom is 0.275 e. The largest absolute Gasteiger partial charge is 0.507 e. The van der Waals surface area contributed by atoms with Crippen molar-refractivity contribution in [2.24, 2.45) is 5.10 Å². The van der Waals surface area contributed by atoms with E-state index in [0.717, 1.165) is 5.56 Å². The number of para-hydroxylation sites is 1. The van der Waals surface area contributed by atoms with Gasteiger partial charge in [0, 0.05) is 12.3 Å². The summed E-state index contributed by atoms with van der Waals surface area (Å²) in [4.78, 5) is 23.9. The molecular weight excluding hydrogens is 318 g/mol. The Kier molecular flexibility index (Phi) is 6.28. The number of amides is 2. The maximum atomic E-state index is 12.0. The first-order chi connectivity index (χ1) is 12.0. The highest BCUT2D eigenvalue weighted by Gasteiger charge is 2.12. The maximum absolute atomic E-state index is 12.0. The quantitative estimate of drug-likeness (QED) is 0.558. The molecule has 0 atom stereocenters. The van der Waals surface area contributed by atoms with Crippen molar-refractivity contribution < 1.29 is 14.7 Å². The first-order valence-corrected chi connectivity index (χ1v) is 7.90. The molecule has 0 bridgehead atoms. The second kappa shape index (κ2) is 8.63. The van der Waals surface area contributed by atoms with Gasteiger partial charge in [-0.2, -0.15) is 5.10 Å². The van der Waals surface area contributed by atoms with Crippen molar-refractivity contribution >= 4 is 17.5 Å². The minimum atomic E-state index is -0.523. The molecule has 6 nitrogen and oxygen atoms in total. The fraction of sp³-hybridized carbons (Fsp3) is 0.211. The van der Waals surface area contributed by atoms with Crippen molar-refractivity contribution in [2.75, 3.05) is 0 Å². The van der Waals surface area contributed by atoms with Gasteiger partial charge < -0.3 is 10.4 Å². The number of phenolic OH excluding ortho intramolecular Hbond substituents is 1. The van der Waals surface area contributed by atoms with Gasteiger partial charge in [-0.1, -0.05) is 42.5 Å². The molecule has 0 aliphatic rings. The molecule has 2 aromatic rings. The predicted octanol–water partition coefficient (Wildman–Crippen LogP) is 2.51. The van der Waals surface area contributed by atoms with Crippen LogP contribution in [0, 0.1) is 6.92 Å². The van der Waals surface area contributed by atoms with E-state index < -0.39 is 5.91 Å². The third-order valence-electron chi connectivity index (χ3n) is 3.58. The topological polar surface area (TPSA) is 90.8 Å². The lowest BCUT2D eigenvalue weighted by Crippen LogP contribution is -2.26. The molecule has 130 valence electrons. The molecule has 0 aliphatic carbocycles. The van der Waals surface area contributed by atoms with Gasteiger partial charge in [-0.3, -0.25) is 9.59 Å². The van der Waals surface area contributed by atoms with Crippen LogP contribution in [0.2, 0.25) is 0 Å². The fourth-order valence-electron chi connectivity index (χ4n) is 2.18. The third kappa shape index (κ3) is 5.46. The summed E-state index contributed by atoms with van der Waals surface area (Å²) in [5, 5.41) is 16.6. The van der Waals surface area contributed by atoms with Crippen LogP contribution in [0.5, 0.6) is 5.75 Å². The summed E-state index contributed by atoms with van der Waals surface area (Å²) in [6.45, 7) is 3.80. The average molecular weight is 339 g/mol. The highest BCUT2D eigenvalue weighted by atomic mass is 16.3. The van der Waals surface area contributed by atoms with Crippen LogP contribution in [0.4, 0.5) is 0 Å². The van der Waals surface area contributed by atoms with Gasteiger partial charge in [0.25, 0.3) is 5.91 Å². The molecule has 25 heavy (non-hydrogen) atoms. The Morgan fingerprint density at radius 3 is 2.52 bits per heavy atom. The Morgan fingerprint density at radius 1 is 1.08 bits per heavy atom. The predicted molar refractivity (Wildman–Crippen MR) is 96.3 cm³/mol. The fourth-order valence-corrected chi connectivity index (χ4v) is 2.18. The second-order valence-electron chi connectivity index (χ2n) is 5.70. The lowest BCUT2D eigenvalue weighted by Gasteiger charge is -2.07. The van der Waals surface area contributed by atoms with E-state index in [1.165, 1.54) is 6.07 Å². The Hall–Kier alpha value is -3.15. The van der Waals surface area contributed by atoms with E-state index in [4.69, 9.17) is 0 Å². The molecule has 0 spiro atoms. The van der Waals surface area contributed by atoms with Crippen molar-refractivity contribution in [3.8, 4) is 5.75 Å². The van der Waals surface area contributed by atoms with Gasteiger partial charge in [-0.15, -0.1) is 0 Å².